The molecule has 0 spiro atoms. The highest BCUT2D eigenvalue weighted by Crippen LogP contribution is 2.33. The van der Waals surface area contributed by atoms with E-state index in [0.717, 1.165) is 31.0 Å². The Morgan fingerprint density at radius 2 is 2.29 bits per heavy atom. The van der Waals surface area contributed by atoms with E-state index in [-0.39, 0.29) is 0 Å². The normalized spacial score (nSPS) is 39.6. The minimum Gasteiger partial charge on any atom is -0.381 e. The molecule has 2 saturated heterocycles. The van der Waals surface area contributed by atoms with Gasteiger partial charge in [-0.25, -0.2) is 0 Å². The molecule has 0 aliphatic carbocycles. The van der Waals surface area contributed by atoms with Crippen LogP contribution in [0.4, 0.5) is 0 Å². The van der Waals surface area contributed by atoms with Crippen molar-refractivity contribution in [1.29, 1.82) is 0 Å². The summed E-state index contributed by atoms with van der Waals surface area (Å²) in [7, 11) is 0. The molecule has 2 heterocycles. The van der Waals surface area contributed by atoms with Crippen LogP contribution in [-0.4, -0.2) is 26.3 Å². The van der Waals surface area contributed by atoms with Crippen LogP contribution in [-0.2, 0) is 4.74 Å². The molecule has 1 N–H and O–H groups in total. The molecule has 2 fully saturated rings. The van der Waals surface area contributed by atoms with Gasteiger partial charge < -0.3 is 10.1 Å². The van der Waals surface area contributed by atoms with Crippen molar-refractivity contribution in [3.63, 3.8) is 0 Å². The molecule has 82 valence electrons. The molecule has 0 aromatic rings. The first-order valence-corrected chi connectivity index (χ1v) is 6.20. The summed E-state index contributed by atoms with van der Waals surface area (Å²) < 4.78 is 5.61. The lowest BCUT2D eigenvalue weighted by molar-refractivity contribution is 0.00803. The standard InChI is InChI=1S/C12H23NO/c1-2-10-8-13-6-5-12(10)11-4-3-7-14-9-11/h10-13H,2-9H2,1H3. The number of nitrogens with one attached hydrogen (secondary N) is 1. The van der Waals surface area contributed by atoms with Gasteiger partial charge in [0.15, 0.2) is 0 Å². The van der Waals surface area contributed by atoms with Crippen LogP contribution in [0.3, 0.4) is 0 Å². The van der Waals surface area contributed by atoms with E-state index in [1.807, 2.05) is 0 Å². The molecule has 0 aromatic carbocycles. The van der Waals surface area contributed by atoms with Crippen LogP contribution in [0, 0.1) is 17.8 Å². The van der Waals surface area contributed by atoms with Gasteiger partial charge in [-0.3, -0.25) is 0 Å². The van der Waals surface area contributed by atoms with E-state index in [1.165, 1.54) is 38.8 Å². The van der Waals surface area contributed by atoms with Crippen molar-refractivity contribution in [2.24, 2.45) is 17.8 Å². The van der Waals surface area contributed by atoms with Gasteiger partial charge in [-0.15, -0.1) is 0 Å². The van der Waals surface area contributed by atoms with Crippen LogP contribution in [0.25, 0.3) is 0 Å². The van der Waals surface area contributed by atoms with Crippen LogP contribution < -0.4 is 5.32 Å². The second kappa shape index (κ2) is 5.13. The minimum atomic E-state index is 0.857. The third-order valence-electron chi connectivity index (χ3n) is 3.99. The van der Waals surface area contributed by atoms with E-state index in [9.17, 15) is 0 Å². The van der Waals surface area contributed by atoms with E-state index >= 15 is 0 Å². The fraction of sp³-hybridized carbons (Fsp3) is 1.00. The van der Waals surface area contributed by atoms with Crippen LogP contribution in [0.1, 0.15) is 32.6 Å². The summed E-state index contributed by atoms with van der Waals surface area (Å²) in [6.07, 6.45) is 5.38. The molecule has 0 saturated carbocycles. The van der Waals surface area contributed by atoms with Crippen molar-refractivity contribution in [1.82, 2.24) is 5.32 Å². The Morgan fingerprint density at radius 1 is 1.36 bits per heavy atom. The maximum Gasteiger partial charge on any atom is 0.0497 e. The molecule has 3 unspecified atom stereocenters. The number of rotatable bonds is 2. The predicted molar refractivity (Wildman–Crippen MR) is 58.3 cm³/mol. The smallest absolute Gasteiger partial charge is 0.0497 e. The summed E-state index contributed by atoms with van der Waals surface area (Å²) in [5.41, 5.74) is 0. The topological polar surface area (TPSA) is 21.3 Å². The Hall–Kier alpha value is -0.0800. The van der Waals surface area contributed by atoms with Crippen LogP contribution in [0.2, 0.25) is 0 Å². The van der Waals surface area contributed by atoms with Crippen molar-refractivity contribution in [2.75, 3.05) is 26.3 Å². The highest BCUT2D eigenvalue weighted by molar-refractivity contribution is 4.83. The fourth-order valence-corrected chi connectivity index (χ4v) is 3.11. The van der Waals surface area contributed by atoms with E-state index in [4.69, 9.17) is 4.74 Å². The molecule has 0 bridgehead atoms. The molecule has 2 aliphatic rings. The SMILES string of the molecule is CCC1CNCCC1C1CCCOC1. The van der Waals surface area contributed by atoms with Gasteiger partial charge in [0.05, 0.1) is 0 Å². The van der Waals surface area contributed by atoms with Gasteiger partial charge in [-0.05, 0) is 50.1 Å². The molecule has 2 aliphatic heterocycles. The molecule has 2 rings (SSSR count). The molecule has 0 amide bonds. The summed E-state index contributed by atoms with van der Waals surface area (Å²) in [5, 5.41) is 3.51. The van der Waals surface area contributed by atoms with Gasteiger partial charge in [-0.2, -0.15) is 0 Å². The lowest BCUT2D eigenvalue weighted by atomic mass is 9.74. The zero-order chi connectivity index (χ0) is 9.80. The van der Waals surface area contributed by atoms with Crippen molar-refractivity contribution < 1.29 is 4.74 Å². The average molecular weight is 197 g/mol. The summed E-state index contributed by atoms with van der Waals surface area (Å²) in [4.78, 5) is 0. The molecule has 14 heavy (non-hydrogen) atoms. The van der Waals surface area contributed by atoms with Crippen LogP contribution in [0.5, 0.6) is 0 Å². The second-order valence-corrected chi connectivity index (χ2v) is 4.80. The van der Waals surface area contributed by atoms with Gasteiger partial charge in [0.1, 0.15) is 0 Å². The van der Waals surface area contributed by atoms with Gasteiger partial charge >= 0.3 is 0 Å². The summed E-state index contributed by atoms with van der Waals surface area (Å²) in [5.74, 6) is 2.69. The van der Waals surface area contributed by atoms with Crippen molar-refractivity contribution in [2.45, 2.75) is 32.6 Å². The van der Waals surface area contributed by atoms with Gasteiger partial charge in [0.25, 0.3) is 0 Å². The minimum absolute atomic E-state index is 0.857. The van der Waals surface area contributed by atoms with Crippen molar-refractivity contribution in [3.05, 3.63) is 0 Å². The second-order valence-electron chi connectivity index (χ2n) is 4.80. The van der Waals surface area contributed by atoms with Crippen LogP contribution in [0.15, 0.2) is 0 Å². The Labute approximate surface area is 87.4 Å². The lowest BCUT2D eigenvalue weighted by Crippen LogP contribution is -2.41. The largest absolute Gasteiger partial charge is 0.381 e. The van der Waals surface area contributed by atoms with Gasteiger partial charge in [0, 0.05) is 13.2 Å². The molecule has 0 radical (unpaired) electrons. The van der Waals surface area contributed by atoms with E-state index in [0.29, 0.717) is 0 Å². The number of ether oxygens (including phenoxy) is 1. The third-order valence-corrected chi connectivity index (χ3v) is 3.99. The fourth-order valence-electron chi connectivity index (χ4n) is 3.11. The van der Waals surface area contributed by atoms with Crippen molar-refractivity contribution >= 4 is 0 Å². The molecule has 3 atom stereocenters. The Morgan fingerprint density at radius 3 is 3.00 bits per heavy atom. The number of hydrogen-bond acceptors (Lipinski definition) is 2. The van der Waals surface area contributed by atoms with Crippen molar-refractivity contribution in [3.8, 4) is 0 Å². The number of hydrogen-bond donors (Lipinski definition) is 1. The molecule has 2 heteroatoms. The molecule has 2 nitrogen and oxygen atoms in total. The lowest BCUT2D eigenvalue weighted by Gasteiger charge is -2.38. The first-order valence-electron chi connectivity index (χ1n) is 6.20. The van der Waals surface area contributed by atoms with E-state index in [2.05, 4.69) is 12.2 Å². The van der Waals surface area contributed by atoms with Gasteiger partial charge in [0.2, 0.25) is 0 Å². The zero-order valence-electron chi connectivity index (χ0n) is 9.30. The Balaban J connectivity index is 1.91. The summed E-state index contributed by atoms with van der Waals surface area (Å²) in [6, 6.07) is 0. The van der Waals surface area contributed by atoms with E-state index < -0.39 is 0 Å². The predicted octanol–water partition coefficient (Wildman–Crippen LogP) is 2.05. The first-order chi connectivity index (χ1) is 6.92. The monoisotopic (exact) mass is 197 g/mol. The Bertz CT molecular complexity index is 166. The maximum absolute atomic E-state index is 5.61. The first kappa shape index (κ1) is 10.4. The highest BCUT2D eigenvalue weighted by atomic mass is 16.5. The molecule has 0 aromatic heterocycles. The molecular formula is C12H23NO. The maximum atomic E-state index is 5.61. The van der Waals surface area contributed by atoms with Crippen LogP contribution >= 0.6 is 0 Å². The number of piperidine rings is 1. The molecular weight excluding hydrogens is 174 g/mol. The highest BCUT2D eigenvalue weighted by Gasteiger charge is 2.31. The van der Waals surface area contributed by atoms with E-state index in [1.54, 1.807) is 0 Å². The average Bonchev–Trinajstić information content (AvgIpc) is 2.30. The zero-order valence-corrected chi connectivity index (χ0v) is 9.30. The third kappa shape index (κ3) is 2.29. The Kier molecular flexibility index (Phi) is 3.82. The summed E-state index contributed by atoms with van der Waals surface area (Å²) in [6.45, 7) is 6.81. The van der Waals surface area contributed by atoms with Gasteiger partial charge in [-0.1, -0.05) is 13.3 Å². The quantitative estimate of drug-likeness (QED) is 0.731. The summed E-state index contributed by atoms with van der Waals surface area (Å²) >= 11 is 0.